The van der Waals surface area contributed by atoms with Gasteiger partial charge in [-0.25, -0.2) is 13.6 Å². The molecule has 0 amide bonds. The molecular formula is C16H14ClF5N2O2. The number of hydrogen-bond acceptors (Lipinski definition) is 2. The van der Waals surface area contributed by atoms with E-state index in [1.807, 2.05) is 0 Å². The molecule has 1 unspecified atom stereocenters. The molecule has 0 aliphatic heterocycles. The average molecular weight is 397 g/mol. The number of carboxylic acids is 1. The zero-order chi connectivity index (χ0) is 19.8. The average Bonchev–Trinajstić information content (AvgIpc) is 2.83. The second-order valence-electron chi connectivity index (χ2n) is 5.71. The van der Waals surface area contributed by atoms with Crippen LogP contribution in [0.5, 0.6) is 0 Å². The van der Waals surface area contributed by atoms with Crippen LogP contribution >= 0.6 is 11.6 Å². The molecule has 0 fully saturated rings. The molecule has 0 aliphatic rings. The molecule has 1 atom stereocenters. The van der Waals surface area contributed by atoms with E-state index >= 15 is 0 Å². The maximum atomic E-state index is 14.5. The van der Waals surface area contributed by atoms with Crippen molar-refractivity contribution in [3.8, 4) is 11.3 Å². The molecule has 1 heterocycles. The summed E-state index contributed by atoms with van der Waals surface area (Å²) in [6, 6.07) is 1.56. The highest BCUT2D eigenvalue weighted by Crippen LogP contribution is 2.36. The van der Waals surface area contributed by atoms with E-state index in [-0.39, 0.29) is 17.8 Å². The number of aryl methyl sites for hydroxylation is 1. The summed E-state index contributed by atoms with van der Waals surface area (Å²) in [4.78, 5) is 11.1. The zero-order valence-electron chi connectivity index (χ0n) is 13.7. The minimum atomic E-state index is -4.49. The van der Waals surface area contributed by atoms with Crippen LogP contribution in [-0.2, 0) is 13.0 Å². The highest BCUT2D eigenvalue weighted by Gasteiger charge is 2.36. The van der Waals surface area contributed by atoms with Gasteiger partial charge in [0, 0.05) is 6.54 Å². The van der Waals surface area contributed by atoms with Gasteiger partial charge in [-0.2, -0.15) is 18.3 Å². The van der Waals surface area contributed by atoms with E-state index in [1.165, 1.54) is 0 Å². The molecule has 26 heavy (non-hydrogen) atoms. The van der Waals surface area contributed by atoms with E-state index in [0.717, 1.165) is 23.7 Å². The van der Waals surface area contributed by atoms with Crippen molar-refractivity contribution in [2.45, 2.75) is 33.0 Å². The van der Waals surface area contributed by atoms with E-state index in [0.29, 0.717) is 0 Å². The predicted molar refractivity (Wildman–Crippen MR) is 84.1 cm³/mol. The van der Waals surface area contributed by atoms with Crippen LogP contribution in [0.2, 0.25) is 5.02 Å². The van der Waals surface area contributed by atoms with Crippen LogP contribution in [-0.4, -0.2) is 27.0 Å². The van der Waals surface area contributed by atoms with Crippen molar-refractivity contribution in [2.75, 3.05) is 0 Å². The number of aromatic carboxylic acids is 1. The van der Waals surface area contributed by atoms with Crippen molar-refractivity contribution >= 4 is 17.6 Å². The first-order valence-corrected chi connectivity index (χ1v) is 7.89. The standard InChI is InChI=1S/C16H14ClF5N2O2/c1-3-24-14(12(17)13(23-24)15(25)26)11-9(18)5-8(6-10(11)19)4-7(2)16(20,21)22/h5-7H,3-4H2,1-2H3,(H,25,26). The van der Waals surface area contributed by atoms with Gasteiger partial charge in [0.25, 0.3) is 0 Å². The molecule has 1 N–H and O–H groups in total. The van der Waals surface area contributed by atoms with E-state index in [1.54, 1.807) is 6.92 Å². The summed E-state index contributed by atoms with van der Waals surface area (Å²) in [6.45, 7) is 2.55. The highest BCUT2D eigenvalue weighted by atomic mass is 35.5. The third-order valence-electron chi connectivity index (χ3n) is 3.84. The van der Waals surface area contributed by atoms with Crippen molar-refractivity contribution in [2.24, 2.45) is 5.92 Å². The second kappa shape index (κ2) is 7.22. The maximum Gasteiger partial charge on any atom is 0.391 e. The van der Waals surface area contributed by atoms with E-state index in [4.69, 9.17) is 16.7 Å². The molecule has 1 aromatic heterocycles. The molecule has 1 aromatic carbocycles. The fraction of sp³-hybridized carbons (Fsp3) is 0.375. The van der Waals surface area contributed by atoms with Crippen LogP contribution in [0.25, 0.3) is 11.3 Å². The van der Waals surface area contributed by atoms with Gasteiger partial charge < -0.3 is 5.11 Å². The second-order valence-corrected chi connectivity index (χ2v) is 6.09. The molecule has 10 heteroatoms. The van der Waals surface area contributed by atoms with Crippen LogP contribution in [0.1, 0.15) is 29.9 Å². The summed E-state index contributed by atoms with van der Waals surface area (Å²) in [5.74, 6) is -5.55. The number of nitrogens with zero attached hydrogens (tertiary/aromatic N) is 2. The van der Waals surface area contributed by atoms with Gasteiger partial charge >= 0.3 is 12.1 Å². The third-order valence-corrected chi connectivity index (χ3v) is 4.19. The van der Waals surface area contributed by atoms with E-state index < -0.39 is 52.4 Å². The van der Waals surface area contributed by atoms with Crippen molar-refractivity contribution in [1.29, 1.82) is 0 Å². The Morgan fingerprint density at radius 3 is 2.27 bits per heavy atom. The summed E-state index contributed by atoms with van der Waals surface area (Å²) in [7, 11) is 0. The van der Waals surface area contributed by atoms with Gasteiger partial charge in [0.05, 0.1) is 17.2 Å². The Kier molecular flexibility index (Phi) is 5.60. The Balaban J connectivity index is 2.55. The normalized spacial score (nSPS) is 13.1. The van der Waals surface area contributed by atoms with E-state index in [9.17, 15) is 26.7 Å². The lowest BCUT2D eigenvalue weighted by molar-refractivity contribution is -0.169. The lowest BCUT2D eigenvalue weighted by atomic mass is 9.98. The fourth-order valence-corrected chi connectivity index (χ4v) is 2.79. The number of halogens is 6. The van der Waals surface area contributed by atoms with Crippen LogP contribution in [0.4, 0.5) is 22.0 Å². The third kappa shape index (κ3) is 3.82. The van der Waals surface area contributed by atoms with Crippen molar-refractivity contribution in [3.05, 3.63) is 40.0 Å². The number of rotatable bonds is 5. The first kappa shape index (κ1) is 20.2. The largest absolute Gasteiger partial charge is 0.476 e. The Bertz CT molecular complexity index is 825. The van der Waals surface area contributed by atoms with Gasteiger partial charge in [0.15, 0.2) is 5.69 Å². The van der Waals surface area contributed by atoms with Crippen molar-refractivity contribution in [3.63, 3.8) is 0 Å². The number of alkyl halides is 3. The van der Waals surface area contributed by atoms with Gasteiger partial charge in [-0.1, -0.05) is 18.5 Å². The first-order chi connectivity index (χ1) is 12.0. The number of benzene rings is 1. The topological polar surface area (TPSA) is 55.1 Å². The Morgan fingerprint density at radius 1 is 1.31 bits per heavy atom. The zero-order valence-corrected chi connectivity index (χ0v) is 14.4. The number of aromatic nitrogens is 2. The van der Waals surface area contributed by atoms with Crippen molar-refractivity contribution in [1.82, 2.24) is 9.78 Å². The molecule has 0 spiro atoms. The summed E-state index contributed by atoms with van der Waals surface area (Å²) in [6.07, 6.45) is -5.09. The quantitative estimate of drug-likeness (QED) is 0.728. The van der Waals surface area contributed by atoms with Gasteiger partial charge in [-0.05, 0) is 31.0 Å². The Hall–Kier alpha value is -2.16. The van der Waals surface area contributed by atoms with Gasteiger partial charge in [-0.3, -0.25) is 4.68 Å². The minimum Gasteiger partial charge on any atom is -0.476 e. The minimum absolute atomic E-state index is 0.0775. The lowest BCUT2D eigenvalue weighted by Gasteiger charge is -2.16. The smallest absolute Gasteiger partial charge is 0.391 e. The SMILES string of the molecule is CCn1nc(C(=O)O)c(Cl)c1-c1c(F)cc(CC(C)C(F)(F)F)cc1F. The van der Waals surface area contributed by atoms with Gasteiger partial charge in [-0.15, -0.1) is 0 Å². The summed E-state index contributed by atoms with van der Waals surface area (Å²) in [5.41, 5.74) is -1.67. The van der Waals surface area contributed by atoms with Crippen molar-refractivity contribution < 1.29 is 31.9 Å². The monoisotopic (exact) mass is 396 g/mol. The van der Waals surface area contributed by atoms with Crippen LogP contribution in [0.3, 0.4) is 0 Å². The lowest BCUT2D eigenvalue weighted by Crippen LogP contribution is -2.22. The molecule has 0 radical (unpaired) electrons. The number of hydrogen-bond donors (Lipinski definition) is 1. The van der Waals surface area contributed by atoms with E-state index in [2.05, 4.69) is 5.10 Å². The molecule has 0 saturated heterocycles. The van der Waals surface area contributed by atoms with Gasteiger partial charge in [0.2, 0.25) is 0 Å². The number of carboxylic acid groups (broad SMARTS) is 1. The fourth-order valence-electron chi connectivity index (χ4n) is 2.48. The number of carbonyl (C=O) groups is 1. The summed E-state index contributed by atoms with van der Waals surface area (Å²) >= 11 is 5.92. The maximum absolute atomic E-state index is 14.5. The summed E-state index contributed by atoms with van der Waals surface area (Å²) in [5, 5.41) is 12.3. The summed E-state index contributed by atoms with van der Waals surface area (Å²) < 4.78 is 67.9. The molecular weight excluding hydrogens is 383 g/mol. The van der Waals surface area contributed by atoms with Gasteiger partial charge in [0.1, 0.15) is 16.7 Å². The molecule has 0 saturated carbocycles. The Labute approximate surface area is 150 Å². The highest BCUT2D eigenvalue weighted by molar-refractivity contribution is 6.35. The Morgan fingerprint density at radius 2 is 1.85 bits per heavy atom. The molecule has 2 rings (SSSR count). The molecule has 0 aliphatic carbocycles. The van der Waals surface area contributed by atoms with Crippen LogP contribution in [0.15, 0.2) is 12.1 Å². The van der Waals surface area contributed by atoms with Crippen LogP contribution in [0, 0.1) is 17.6 Å². The molecule has 142 valence electrons. The first-order valence-electron chi connectivity index (χ1n) is 7.51. The molecule has 2 aromatic rings. The predicted octanol–water partition coefficient (Wildman–Crippen LogP) is 4.94. The van der Waals surface area contributed by atoms with Crippen LogP contribution < -0.4 is 0 Å². The molecule has 4 nitrogen and oxygen atoms in total. The molecule has 0 bridgehead atoms.